The summed E-state index contributed by atoms with van der Waals surface area (Å²) >= 11 is 0. The normalized spacial score (nSPS) is 14.6. The van der Waals surface area contributed by atoms with E-state index in [0.29, 0.717) is 11.3 Å². The van der Waals surface area contributed by atoms with Crippen molar-refractivity contribution in [3.63, 3.8) is 0 Å². The molecule has 1 aliphatic rings. The third-order valence-electron chi connectivity index (χ3n) is 5.91. The Morgan fingerprint density at radius 3 is 2.26 bits per heavy atom. The summed E-state index contributed by atoms with van der Waals surface area (Å²) in [7, 11) is 0. The zero-order chi connectivity index (χ0) is 21.8. The number of hydrogen-bond acceptors (Lipinski definition) is 4. The van der Waals surface area contributed by atoms with Crippen LogP contribution in [0.2, 0.25) is 0 Å². The van der Waals surface area contributed by atoms with Crippen LogP contribution in [0.3, 0.4) is 0 Å². The molecule has 3 aromatic rings. The third kappa shape index (κ3) is 4.79. The van der Waals surface area contributed by atoms with E-state index in [4.69, 9.17) is 0 Å². The zero-order valence-corrected chi connectivity index (χ0v) is 18.3. The van der Waals surface area contributed by atoms with Gasteiger partial charge in [-0.25, -0.2) is 4.68 Å². The average molecular weight is 419 g/mol. The van der Waals surface area contributed by atoms with Crippen molar-refractivity contribution in [1.29, 1.82) is 0 Å². The van der Waals surface area contributed by atoms with Crippen LogP contribution < -0.4 is 15.8 Å². The van der Waals surface area contributed by atoms with Gasteiger partial charge in [-0.1, -0.05) is 57.0 Å². The molecule has 0 aliphatic carbocycles. The maximum atomic E-state index is 13.0. The lowest BCUT2D eigenvalue weighted by molar-refractivity contribution is -0.117. The Balaban J connectivity index is 1.61. The molecule has 162 valence electrons. The summed E-state index contributed by atoms with van der Waals surface area (Å²) in [6, 6.07) is 15.4. The number of nitrogens with one attached hydrogen (secondary N) is 1. The molecule has 1 N–H and O–H groups in total. The van der Waals surface area contributed by atoms with Crippen LogP contribution in [0.1, 0.15) is 51.0 Å². The number of nitrogens with zero attached hydrogens (tertiary/aromatic N) is 3. The van der Waals surface area contributed by atoms with Gasteiger partial charge < -0.3 is 10.2 Å². The monoisotopic (exact) mass is 418 g/mol. The fourth-order valence-corrected chi connectivity index (χ4v) is 4.13. The molecular formula is C25H30N4O2. The lowest BCUT2D eigenvalue weighted by atomic mass is 10.0. The van der Waals surface area contributed by atoms with Gasteiger partial charge in [0.1, 0.15) is 6.54 Å². The molecule has 1 fully saturated rings. The van der Waals surface area contributed by atoms with Crippen molar-refractivity contribution in [3.05, 3.63) is 64.4 Å². The minimum atomic E-state index is -0.260. The molecule has 0 unspecified atom stereocenters. The van der Waals surface area contributed by atoms with E-state index < -0.39 is 0 Å². The molecule has 6 heteroatoms. The van der Waals surface area contributed by atoms with Crippen molar-refractivity contribution < 1.29 is 4.79 Å². The second kappa shape index (κ2) is 9.33. The molecule has 1 saturated heterocycles. The van der Waals surface area contributed by atoms with E-state index >= 15 is 0 Å². The maximum absolute atomic E-state index is 13.0. The number of fused-ring (bicyclic) bond motifs is 1. The molecule has 1 aromatic heterocycles. The van der Waals surface area contributed by atoms with Crippen LogP contribution in [-0.2, 0) is 11.3 Å². The number of carbonyl (C=O) groups is 1. The highest BCUT2D eigenvalue weighted by atomic mass is 16.2. The number of carbonyl (C=O) groups excluding carboxylic acids is 1. The summed E-state index contributed by atoms with van der Waals surface area (Å²) < 4.78 is 1.31. The highest BCUT2D eigenvalue weighted by Gasteiger charge is 2.18. The van der Waals surface area contributed by atoms with E-state index in [2.05, 4.69) is 29.2 Å². The summed E-state index contributed by atoms with van der Waals surface area (Å²) in [6.45, 7) is 5.99. The second-order valence-corrected chi connectivity index (χ2v) is 8.56. The quantitative estimate of drug-likeness (QED) is 0.661. The van der Waals surface area contributed by atoms with Gasteiger partial charge in [0.05, 0.1) is 5.39 Å². The maximum Gasteiger partial charge on any atom is 0.275 e. The van der Waals surface area contributed by atoms with Crippen molar-refractivity contribution in [1.82, 2.24) is 9.78 Å². The van der Waals surface area contributed by atoms with Crippen LogP contribution in [0.5, 0.6) is 0 Å². The molecule has 0 bridgehead atoms. The molecular weight excluding hydrogens is 388 g/mol. The van der Waals surface area contributed by atoms with Crippen molar-refractivity contribution in [3.8, 4) is 0 Å². The number of rotatable bonds is 5. The van der Waals surface area contributed by atoms with Gasteiger partial charge in [-0.2, -0.15) is 5.10 Å². The zero-order valence-electron chi connectivity index (χ0n) is 18.3. The Labute approximate surface area is 182 Å². The number of anilines is 2. The minimum absolute atomic E-state index is 0.115. The highest BCUT2D eigenvalue weighted by molar-refractivity contribution is 5.93. The first kappa shape index (κ1) is 21.1. The van der Waals surface area contributed by atoms with Crippen LogP contribution in [-0.4, -0.2) is 28.8 Å². The lowest BCUT2D eigenvalue weighted by Crippen LogP contribution is -2.33. The van der Waals surface area contributed by atoms with Crippen LogP contribution in [0.25, 0.3) is 10.8 Å². The first-order chi connectivity index (χ1) is 15.0. The first-order valence-electron chi connectivity index (χ1n) is 11.2. The fourth-order valence-electron chi connectivity index (χ4n) is 4.13. The number of hydrogen-bond donors (Lipinski definition) is 1. The number of aromatic nitrogens is 2. The molecule has 2 aromatic carbocycles. The molecule has 1 amide bonds. The predicted molar refractivity (Wildman–Crippen MR) is 126 cm³/mol. The minimum Gasteiger partial charge on any atom is -0.355 e. The SMILES string of the molecule is CC(C)c1ccc(NC(=O)Cn2nc(N3CCCCCC3)c3ccccc3c2=O)cc1. The van der Waals surface area contributed by atoms with Crippen molar-refractivity contribution in [2.24, 2.45) is 0 Å². The first-order valence-corrected chi connectivity index (χ1v) is 11.2. The lowest BCUT2D eigenvalue weighted by Gasteiger charge is -2.23. The summed E-state index contributed by atoms with van der Waals surface area (Å²) in [5.74, 6) is 0.970. The largest absolute Gasteiger partial charge is 0.355 e. The molecule has 2 heterocycles. The van der Waals surface area contributed by atoms with Gasteiger partial charge in [0, 0.05) is 24.2 Å². The van der Waals surface area contributed by atoms with Gasteiger partial charge >= 0.3 is 0 Å². The molecule has 0 saturated carbocycles. The van der Waals surface area contributed by atoms with Crippen molar-refractivity contribution >= 4 is 28.2 Å². The summed E-state index contributed by atoms with van der Waals surface area (Å²) in [6.07, 6.45) is 4.65. The van der Waals surface area contributed by atoms with Gasteiger partial charge in [-0.05, 0) is 42.5 Å². The van der Waals surface area contributed by atoms with Gasteiger partial charge in [-0.3, -0.25) is 9.59 Å². The Kier molecular flexibility index (Phi) is 6.35. The van der Waals surface area contributed by atoms with E-state index in [1.165, 1.54) is 23.1 Å². The van der Waals surface area contributed by atoms with E-state index in [1.807, 2.05) is 48.5 Å². The van der Waals surface area contributed by atoms with E-state index in [1.54, 1.807) is 0 Å². The van der Waals surface area contributed by atoms with Crippen LogP contribution in [0, 0.1) is 0 Å². The molecule has 1 aliphatic heterocycles. The summed E-state index contributed by atoms with van der Waals surface area (Å²) in [5, 5.41) is 9.00. The third-order valence-corrected chi connectivity index (χ3v) is 5.91. The Hall–Kier alpha value is -3.15. The van der Waals surface area contributed by atoms with Crippen LogP contribution in [0.4, 0.5) is 11.5 Å². The van der Waals surface area contributed by atoms with E-state index in [9.17, 15) is 9.59 Å². The molecule has 31 heavy (non-hydrogen) atoms. The average Bonchev–Trinajstić information content (AvgIpc) is 3.05. The van der Waals surface area contributed by atoms with Gasteiger partial charge in [0.25, 0.3) is 5.56 Å². The van der Waals surface area contributed by atoms with Crippen LogP contribution >= 0.6 is 0 Å². The van der Waals surface area contributed by atoms with Crippen molar-refractivity contribution in [2.45, 2.75) is 52.0 Å². The topological polar surface area (TPSA) is 67.2 Å². The number of benzene rings is 2. The molecule has 0 spiro atoms. The Bertz CT molecular complexity index is 1110. The standard InChI is InChI=1S/C25H30N4O2/c1-18(2)19-11-13-20(14-12-19)26-23(30)17-29-25(31)22-10-6-5-9-21(22)24(27-29)28-15-7-3-4-8-16-28/h5-6,9-14,18H,3-4,7-8,15-17H2,1-2H3,(H,26,30). The Morgan fingerprint density at radius 1 is 0.968 bits per heavy atom. The number of amides is 1. The summed E-state index contributed by atoms with van der Waals surface area (Å²) in [5.41, 5.74) is 1.70. The van der Waals surface area contributed by atoms with E-state index in [0.717, 1.165) is 42.8 Å². The van der Waals surface area contributed by atoms with E-state index in [-0.39, 0.29) is 18.0 Å². The molecule has 0 radical (unpaired) electrons. The summed E-state index contributed by atoms with van der Waals surface area (Å²) in [4.78, 5) is 28.0. The molecule has 0 atom stereocenters. The second-order valence-electron chi connectivity index (χ2n) is 8.56. The van der Waals surface area contributed by atoms with Gasteiger partial charge in [-0.15, -0.1) is 0 Å². The smallest absolute Gasteiger partial charge is 0.275 e. The molecule has 6 nitrogen and oxygen atoms in total. The van der Waals surface area contributed by atoms with Gasteiger partial charge in [0.15, 0.2) is 5.82 Å². The van der Waals surface area contributed by atoms with Gasteiger partial charge in [0.2, 0.25) is 5.91 Å². The predicted octanol–water partition coefficient (Wildman–Crippen LogP) is 4.54. The Morgan fingerprint density at radius 2 is 1.61 bits per heavy atom. The van der Waals surface area contributed by atoms with Crippen molar-refractivity contribution in [2.75, 3.05) is 23.3 Å². The highest BCUT2D eigenvalue weighted by Crippen LogP contribution is 2.24. The fraction of sp³-hybridized carbons (Fsp3) is 0.400. The van der Waals surface area contributed by atoms with Crippen LogP contribution in [0.15, 0.2) is 53.3 Å². The molecule has 4 rings (SSSR count).